The van der Waals surface area contributed by atoms with Crippen LogP contribution in [0.15, 0.2) is 12.1 Å². The molecule has 0 amide bonds. The molecule has 1 aromatic carbocycles. The van der Waals surface area contributed by atoms with Gasteiger partial charge in [0.2, 0.25) is 0 Å². The van der Waals surface area contributed by atoms with Gasteiger partial charge in [-0.3, -0.25) is 4.79 Å². The SMILES string of the molecule is Cc1cc(C)c(C)c(C)c1.O=CO. The third kappa shape index (κ3) is 3.74. The zero-order valence-corrected chi connectivity index (χ0v) is 8.59. The van der Waals surface area contributed by atoms with E-state index in [9.17, 15) is 0 Å². The fraction of sp³-hybridized carbons (Fsp3) is 0.364. The highest BCUT2D eigenvalue weighted by Gasteiger charge is 1.95. The van der Waals surface area contributed by atoms with Crippen molar-refractivity contribution in [3.05, 3.63) is 34.4 Å². The fourth-order valence-corrected chi connectivity index (χ4v) is 1.25. The Labute approximate surface area is 79.2 Å². The van der Waals surface area contributed by atoms with Gasteiger partial charge in [-0.25, -0.2) is 0 Å². The lowest BCUT2D eigenvalue weighted by molar-refractivity contribution is -0.122. The molecular weight excluding hydrogens is 164 g/mol. The maximum Gasteiger partial charge on any atom is 0.290 e. The van der Waals surface area contributed by atoms with Crippen molar-refractivity contribution in [2.24, 2.45) is 0 Å². The van der Waals surface area contributed by atoms with Gasteiger partial charge in [0.05, 0.1) is 0 Å². The lowest BCUT2D eigenvalue weighted by Crippen LogP contribution is -1.86. The predicted molar refractivity (Wildman–Crippen MR) is 54.1 cm³/mol. The smallest absolute Gasteiger partial charge is 0.290 e. The third-order valence-corrected chi connectivity index (χ3v) is 2.07. The molecule has 0 aromatic heterocycles. The van der Waals surface area contributed by atoms with Crippen LogP contribution in [0.2, 0.25) is 0 Å². The molecule has 0 aliphatic rings. The van der Waals surface area contributed by atoms with Gasteiger partial charge in [-0.15, -0.1) is 0 Å². The van der Waals surface area contributed by atoms with Crippen LogP contribution in [0, 0.1) is 27.7 Å². The molecule has 0 spiro atoms. The number of carboxylic acid groups (broad SMARTS) is 1. The van der Waals surface area contributed by atoms with Crippen LogP contribution in [-0.2, 0) is 4.79 Å². The van der Waals surface area contributed by atoms with Gasteiger partial charge < -0.3 is 5.11 Å². The molecule has 72 valence electrons. The first-order valence-corrected chi connectivity index (χ1v) is 4.15. The summed E-state index contributed by atoms with van der Waals surface area (Å²) in [5.74, 6) is 0. The van der Waals surface area contributed by atoms with Crippen LogP contribution in [0.5, 0.6) is 0 Å². The van der Waals surface area contributed by atoms with Crippen LogP contribution in [-0.4, -0.2) is 11.6 Å². The summed E-state index contributed by atoms with van der Waals surface area (Å²) >= 11 is 0. The molecule has 0 bridgehead atoms. The van der Waals surface area contributed by atoms with E-state index in [2.05, 4.69) is 39.8 Å². The Morgan fingerprint density at radius 2 is 1.38 bits per heavy atom. The highest BCUT2D eigenvalue weighted by atomic mass is 16.3. The Bertz CT molecular complexity index is 267. The van der Waals surface area contributed by atoms with Crippen molar-refractivity contribution in [1.29, 1.82) is 0 Å². The Hall–Kier alpha value is -1.31. The van der Waals surface area contributed by atoms with Crippen molar-refractivity contribution < 1.29 is 9.90 Å². The monoisotopic (exact) mass is 180 g/mol. The first kappa shape index (κ1) is 11.7. The average molecular weight is 180 g/mol. The van der Waals surface area contributed by atoms with Crippen LogP contribution < -0.4 is 0 Å². The fourth-order valence-electron chi connectivity index (χ4n) is 1.25. The summed E-state index contributed by atoms with van der Waals surface area (Å²) in [6.45, 7) is 8.38. The van der Waals surface area contributed by atoms with Crippen molar-refractivity contribution in [1.82, 2.24) is 0 Å². The Morgan fingerprint density at radius 3 is 1.69 bits per heavy atom. The summed E-state index contributed by atoms with van der Waals surface area (Å²) < 4.78 is 0. The maximum absolute atomic E-state index is 8.36. The number of carbonyl (C=O) groups is 1. The molecule has 0 aliphatic heterocycles. The van der Waals surface area contributed by atoms with E-state index in [1.807, 2.05) is 0 Å². The second-order valence-corrected chi connectivity index (χ2v) is 3.13. The van der Waals surface area contributed by atoms with E-state index in [0.717, 1.165) is 0 Å². The minimum absolute atomic E-state index is 0.250. The van der Waals surface area contributed by atoms with E-state index in [0.29, 0.717) is 0 Å². The summed E-state index contributed by atoms with van der Waals surface area (Å²) in [5.41, 5.74) is 5.58. The van der Waals surface area contributed by atoms with Crippen LogP contribution >= 0.6 is 0 Å². The van der Waals surface area contributed by atoms with Gasteiger partial charge in [0.25, 0.3) is 6.47 Å². The molecule has 2 heteroatoms. The van der Waals surface area contributed by atoms with Crippen molar-refractivity contribution in [3.8, 4) is 0 Å². The lowest BCUT2D eigenvalue weighted by atomic mass is 10.0. The Kier molecular flexibility index (Phi) is 4.82. The van der Waals surface area contributed by atoms with E-state index in [-0.39, 0.29) is 6.47 Å². The van der Waals surface area contributed by atoms with Crippen molar-refractivity contribution >= 4 is 6.47 Å². The number of aryl methyl sites for hydroxylation is 3. The molecule has 0 saturated carbocycles. The van der Waals surface area contributed by atoms with Gasteiger partial charge in [-0.1, -0.05) is 17.7 Å². The topological polar surface area (TPSA) is 37.3 Å². The van der Waals surface area contributed by atoms with Crippen molar-refractivity contribution in [3.63, 3.8) is 0 Å². The lowest BCUT2D eigenvalue weighted by Gasteiger charge is -2.04. The summed E-state index contributed by atoms with van der Waals surface area (Å²) in [7, 11) is 0. The quantitative estimate of drug-likeness (QED) is 0.623. The molecule has 0 fully saturated rings. The minimum Gasteiger partial charge on any atom is -0.483 e. The van der Waals surface area contributed by atoms with E-state index in [1.165, 1.54) is 22.3 Å². The van der Waals surface area contributed by atoms with E-state index in [4.69, 9.17) is 9.90 Å². The van der Waals surface area contributed by atoms with E-state index >= 15 is 0 Å². The van der Waals surface area contributed by atoms with Gasteiger partial charge in [0.15, 0.2) is 0 Å². The number of rotatable bonds is 0. The van der Waals surface area contributed by atoms with Crippen LogP contribution in [0.25, 0.3) is 0 Å². The molecule has 1 rings (SSSR count). The molecular formula is C11H16O2. The normalized spacial score (nSPS) is 8.62. The molecule has 0 radical (unpaired) electrons. The summed E-state index contributed by atoms with van der Waals surface area (Å²) in [6.07, 6.45) is 0. The van der Waals surface area contributed by atoms with Gasteiger partial charge in [-0.2, -0.15) is 0 Å². The van der Waals surface area contributed by atoms with Crippen LogP contribution in [0.4, 0.5) is 0 Å². The van der Waals surface area contributed by atoms with E-state index < -0.39 is 0 Å². The van der Waals surface area contributed by atoms with E-state index in [1.54, 1.807) is 0 Å². The van der Waals surface area contributed by atoms with Gasteiger partial charge in [0, 0.05) is 0 Å². The first-order chi connectivity index (χ1) is 6.02. The molecule has 13 heavy (non-hydrogen) atoms. The number of hydrogen-bond donors (Lipinski definition) is 1. The number of benzene rings is 1. The van der Waals surface area contributed by atoms with Gasteiger partial charge in [0.1, 0.15) is 0 Å². The minimum atomic E-state index is -0.250. The molecule has 0 saturated heterocycles. The van der Waals surface area contributed by atoms with Gasteiger partial charge >= 0.3 is 0 Å². The Balaban J connectivity index is 0.000000424. The largest absolute Gasteiger partial charge is 0.483 e. The molecule has 0 atom stereocenters. The maximum atomic E-state index is 8.36. The standard InChI is InChI=1S/C10H14.CH2O2/c1-7-5-8(2)10(4)9(3)6-7;2-1-3/h5-6H,1-4H3;1H,(H,2,3). The molecule has 2 nitrogen and oxygen atoms in total. The Morgan fingerprint density at radius 1 is 1.08 bits per heavy atom. The van der Waals surface area contributed by atoms with Crippen molar-refractivity contribution in [2.45, 2.75) is 27.7 Å². The molecule has 0 aliphatic carbocycles. The average Bonchev–Trinajstić information content (AvgIpc) is 2.01. The molecule has 1 N–H and O–H groups in total. The highest BCUT2D eigenvalue weighted by Crippen LogP contribution is 2.13. The van der Waals surface area contributed by atoms with Crippen LogP contribution in [0.3, 0.4) is 0 Å². The summed E-state index contributed by atoms with van der Waals surface area (Å²) in [4.78, 5) is 8.36. The second-order valence-electron chi connectivity index (χ2n) is 3.13. The second kappa shape index (κ2) is 5.36. The number of hydrogen-bond acceptors (Lipinski definition) is 1. The van der Waals surface area contributed by atoms with Crippen LogP contribution in [0.1, 0.15) is 22.3 Å². The summed E-state index contributed by atoms with van der Waals surface area (Å²) in [5, 5.41) is 6.89. The van der Waals surface area contributed by atoms with Crippen molar-refractivity contribution in [2.75, 3.05) is 0 Å². The molecule has 0 heterocycles. The zero-order chi connectivity index (χ0) is 10.4. The summed E-state index contributed by atoms with van der Waals surface area (Å²) in [6, 6.07) is 4.45. The predicted octanol–water partition coefficient (Wildman–Crippen LogP) is 2.62. The first-order valence-electron chi connectivity index (χ1n) is 4.15. The third-order valence-electron chi connectivity index (χ3n) is 2.07. The molecule has 0 unspecified atom stereocenters. The van der Waals surface area contributed by atoms with Gasteiger partial charge in [-0.05, 0) is 44.4 Å². The zero-order valence-electron chi connectivity index (χ0n) is 8.59. The highest BCUT2D eigenvalue weighted by molar-refractivity contribution is 5.36. The molecule has 1 aromatic rings.